The van der Waals surface area contributed by atoms with Crippen LogP contribution in [0.4, 0.5) is 10.9 Å². The second-order valence-corrected chi connectivity index (χ2v) is 4.86. The van der Waals surface area contributed by atoms with E-state index >= 15 is 0 Å². The number of aliphatic imine (C=N–C) groups is 1. The highest BCUT2D eigenvalue weighted by atomic mass is 32.1. The number of nitrogens with zero attached hydrogens (tertiary/aromatic N) is 3. The fraction of sp³-hybridized carbons (Fsp3) is 0.167. The number of rotatable bonds is 3. The van der Waals surface area contributed by atoms with Gasteiger partial charge in [-0.05, 0) is 19.9 Å². The Balaban J connectivity index is 2.30. The first-order valence-electron chi connectivity index (χ1n) is 5.31. The highest BCUT2D eigenvalue weighted by Crippen LogP contribution is 2.28. The minimum absolute atomic E-state index is 0.0498. The molecule has 2 rings (SSSR count). The quantitative estimate of drug-likeness (QED) is 0.487. The molecular formula is C12H9N3O3S. The first kappa shape index (κ1) is 13.0. The van der Waals surface area contributed by atoms with Crippen molar-refractivity contribution >= 4 is 28.4 Å². The van der Waals surface area contributed by atoms with Gasteiger partial charge in [0.15, 0.2) is 0 Å². The molecule has 2 heterocycles. The fourth-order valence-corrected chi connectivity index (χ4v) is 2.16. The fourth-order valence-electron chi connectivity index (χ4n) is 1.46. The summed E-state index contributed by atoms with van der Waals surface area (Å²) in [5, 5.41) is 19.6. The molecule has 0 saturated carbocycles. The average Bonchev–Trinajstić information content (AvgIpc) is 2.93. The molecule has 2 aromatic heterocycles. The number of aryl methyl sites for hydroxylation is 1. The molecule has 0 saturated heterocycles. The molecule has 0 aliphatic heterocycles. The van der Waals surface area contributed by atoms with Crippen molar-refractivity contribution in [2.45, 2.75) is 13.8 Å². The van der Waals surface area contributed by atoms with Crippen LogP contribution in [0, 0.1) is 35.3 Å². The van der Waals surface area contributed by atoms with Crippen LogP contribution < -0.4 is 0 Å². The van der Waals surface area contributed by atoms with Gasteiger partial charge in [-0.25, -0.2) is 4.99 Å². The molecule has 6 nitrogen and oxygen atoms in total. The molecule has 0 fully saturated rings. The van der Waals surface area contributed by atoms with E-state index in [1.165, 1.54) is 12.3 Å². The number of furan rings is 1. The van der Waals surface area contributed by atoms with Crippen molar-refractivity contribution < 1.29 is 9.34 Å². The van der Waals surface area contributed by atoms with Gasteiger partial charge in [0, 0.05) is 17.8 Å². The molecule has 0 aromatic carbocycles. The van der Waals surface area contributed by atoms with E-state index in [0.717, 1.165) is 16.9 Å². The van der Waals surface area contributed by atoms with Crippen LogP contribution in [0.3, 0.4) is 0 Å². The van der Waals surface area contributed by atoms with E-state index in [2.05, 4.69) is 4.99 Å². The van der Waals surface area contributed by atoms with Crippen molar-refractivity contribution in [2.75, 3.05) is 0 Å². The van der Waals surface area contributed by atoms with Crippen LogP contribution in [0.5, 0.6) is 0 Å². The SMILES string of the molecule is Cc1oc(N=Cc2ccc([N+](=O)[O-])s2)c(C#N)c1C. The first-order chi connectivity index (χ1) is 9.02. The van der Waals surface area contributed by atoms with Crippen molar-refractivity contribution in [1.82, 2.24) is 0 Å². The topological polar surface area (TPSA) is 92.4 Å². The lowest BCUT2D eigenvalue weighted by Gasteiger charge is -1.86. The van der Waals surface area contributed by atoms with Gasteiger partial charge in [-0.15, -0.1) is 0 Å². The van der Waals surface area contributed by atoms with E-state index in [1.807, 2.05) is 6.07 Å². The van der Waals surface area contributed by atoms with Crippen LogP contribution in [-0.2, 0) is 0 Å². The second kappa shape index (κ2) is 5.04. The van der Waals surface area contributed by atoms with Crippen LogP contribution in [0.1, 0.15) is 21.8 Å². The molecule has 0 unspecified atom stereocenters. The third-order valence-corrected chi connectivity index (χ3v) is 3.55. The summed E-state index contributed by atoms with van der Waals surface area (Å²) >= 11 is 1.01. The van der Waals surface area contributed by atoms with Crippen molar-refractivity contribution in [2.24, 2.45) is 4.99 Å². The number of nitro groups is 1. The summed E-state index contributed by atoms with van der Waals surface area (Å²) in [7, 11) is 0. The lowest BCUT2D eigenvalue weighted by Crippen LogP contribution is -1.80. The standard InChI is InChI=1S/C12H9N3O3S/c1-7-8(2)18-12(10(7)5-13)14-6-9-3-4-11(19-9)15(16)17/h3-4,6H,1-2H3. The summed E-state index contributed by atoms with van der Waals surface area (Å²) in [4.78, 5) is 14.8. The van der Waals surface area contributed by atoms with Crippen molar-refractivity contribution in [3.63, 3.8) is 0 Å². The van der Waals surface area contributed by atoms with E-state index in [9.17, 15) is 10.1 Å². The number of hydrogen-bond donors (Lipinski definition) is 0. The zero-order chi connectivity index (χ0) is 14.0. The molecule has 0 spiro atoms. The summed E-state index contributed by atoms with van der Waals surface area (Å²) in [6.45, 7) is 3.54. The Morgan fingerprint density at radius 1 is 1.53 bits per heavy atom. The Morgan fingerprint density at radius 3 is 2.84 bits per heavy atom. The lowest BCUT2D eigenvalue weighted by molar-refractivity contribution is -0.380. The summed E-state index contributed by atoms with van der Waals surface area (Å²) in [6, 6.07) is 5.04. The third-order valence-electron chi connectivity index (χ3n) is 2.58. The largest absolute Gasteiger partial charge is 0.442 e. The monoisotopic (exact) mass is 275 g/mol. The second-order valence-electron chi connectivity index (χ2n) is 3.77. The van der Waals surface area contributed by atoms with Crippen LogP contribution in [0.2, 0.25) is 0 Å². The average molecular weight is 275 g/mol. The van der Waals surface area contributed by atoms with Gasteiger partial charge >= 0.3 is 5.00 Å². The van der Waals surface area contributed by atoms with Gasteiger partial charge in [-0.1, -0.05) is 11.3 Å². The van der Waals surface area contributed by atoms with E-state index < -0.39 is 4.92 Å². The molecule has 0 bridgehead atoms. The summed E-state index contributed by atoms with van der Waals surface area (Å²) < 4.78 is 5.36. The summed E-state index contributed by atoms with van der Waals surface area (Å²) in [6.07, 6.45) is 1.45. The number of hydrogen-bond acceptors (Lipinski definition) is 6. The lowest BCUT2D eigenvalue weighted by atomic mass is 10.2. The Kier molecular flexibility index (Phi) is 3.44. The third kappa shape index (κ3) is 2.53. The maximum atomic E-state index is 10.5. The van der Waals surface area contributed by atoms with Gasteiger partial charge in [-0.3, -0.25) is 10.1 Å². The zero-order valence-corrected chi connectivity index (χ0v) is 11.0. The van der Waals surface area contributed by atoms with Gasteiger partial charge in [0.25, 0.3) is 0 Å². The molecule has 19 heavy (non-hydrogen) atoms. The van der Waals surface area contributed by atoms with Gasteiger partial charge in [0.2, 0.25) is 5.88 Å². The Labute approximate surface area is 112 Å². The smallest absolute Gasteiger partial charge is 0.324 e. The Hall–Kier alpha value is -2.46. The maximum Gasteiger partial charge on any atom is 0.324 e. The molecule has 7 heteroatoms. The van der Waals surface area contributed by atoms with Gasteiger partial charge in [0.1, 0.15) is 17.4 Å². The van der Waals surface area contributed by atoms with Crippen LogP contribution in [0.15, 0.2) is 21.5 Å². The Bertz CT molecular complexity index is 706. The van der Waals surface area contributed by atoms with Crippen LogP contribution in [0.25, 0.3) is 0 Å². The van der Waals surface area contributed by atoms with E-state index in [0.29, 0.717) is 16.2 Å². The molecule has 96 valence electrons. The van der Waals surface area contributed by atoms with Gasteiger partial charge in [-0.2, -0.15) is 5.26 Å². The van der Waals surface area contributed by atoms with E-state index in [-0.39, 0.29) is 10.9 Å². The number of nitriles is 1. The predicted molar refractivity (Wildman–Crippen MR) is 71.1 cm³/mol. The van der Waals surface area contributed by atoms with Gasteiger partial charge in [0.05, 0.1) is 9.80 Å². The number of thiophene rings is 1. The van der Waals surface area contributed by atoms with Crippen molar-refractivity contribution in [3.8, 4) is 6.07 Å². The molecule has 0 aliphatic carbocycles. The molecule has 0 atom stereocenters. The minimum atomic E-state index is -0.454. The van der Waals surface area contributed by atoms with Crippen molar-refractivity contribution in [1.29, 1.82) is 5.26 Å². The van der Waals surface area contributed by atoms with Crippen molar-refractivity contribution in [3.05, 3.63) is 44.0 Å². The zero-order valence-electron chi connectivity index (χ0n) is 10.2. The van der Waals surface area contributed by atoms with E-state index in [1.54, 1.807) is 19.9 Å². The molecular weight excluding hydrogens is 266 g/mol. The molecule has 2 aromatic rings. The van der Waals surface area contributed by atoms with Crippen LogP contribution in [-0.4, -0.2) is 11.1 Å². The highest BCUT2D eigenvalue weighted by Gasteiger charge is 2.13. The summed E-state index contributed by atoms with van der Waals surface area (Å²) in [5.41, 5.74) is 1.15. The van der Waals surface area contributed by atoms with E-state index in [4.69, 9.17) is 9.68 Å². The molecule has 0 aliphatic rings. The molecule has 0 radical (unpaired) electrons. The minimum Gasteiger partial charge on any atom is -0.442 e. The highest BCUT2D eigenvalue weighted by molar-refractivity contribution is 7.16. The Morgan fingerprint density at radius 2 is 2.26 bits per heavy atom. The summed E-state index contributed by atoms with van der Waals surface area (Å²) in [5.74, 6) is 0.870. The van der Waals surface area contributed by atoms with Gasteiger partial charge < -0.3 is 4.42 Å². The normalized spacial score (nSPS) is 10.8. The first-order valence-corrected chi connectivity index (χ1v) is 6.13. The predicted octanol–water partition coefficient (Wildman–Crippen LogP) is 3.49. The molecule has 0 N–H and O–H groups in total. The van der Waals surface area contributed by atoms with Crippen LogP contribution >= 0.6 is 11.3 Å². The maximum absolute atomic E-state index is 10.5. The molecule has 0 amide bonds.